The molecule has 0 spiro atoms. The van der Waals surface area contributed by atoms with Crippen LogP contribution in [-0.2, 0) is 0 Å². The molecular weight excluding hydrogens is 257 g/mol. The summed E-state index contributed by atoms with van der Waals surface area (Å²) >= 11 is 0. The van der Waals surface area contributed by atoms with E-state index in [0.717, 1.165) is 32.1 Å². The number of carbonyl (C=O) groups excluding carboxylic acids is 1. The third-order valence-corrected chi connectivity index (χ3v) is 4.30. The summed E-state index contributed by atoms with van der Waals surface area (Å²) in [6, 6.07) is 5.41. The van der Waals surface area contributed by atoms with Crippen molar-refractivity contribution < 1.29 is 14.3 Å². The van der Waals surface area contributed by atoms with Crippen molar-refractivity contribution >= 4 is 5.91 Å². The van der Waals surface area contributed by atoms with Crippen LogP contribution in [0.3, 0.4) is 0 Å². The molecule has 2 rings (SSSR count). The fourth-order valence-corrected chi connectivity index (χ4v) is 2.75. The van der Waals surface area contributed by atoms with Crippen LogP contribution in [0.1, 0.15) is 49.4 Å². The molecule has 0 heterocycles. The molecule has 110 valence electrons. The van der Waals surface area contributed by atoms with Gasteiger partial charge in [0.25, 0.3) is 5.91 Å². The quantitative estimate of drug-likeness (QED) is 0.890. The van der Waals surface area contributed by atoms with Crippen LogP contribution in [0.4, 0.5) is 4.39 Å². The lowest BCUT2D eigenvalue weighted by atomic mass is 9.78. The first-order valence-electron chi connectivity index (χ1n) is 7.28. The van der Waals surface area contributed by atoms with Crippen molar-refractivity contribution in [1.82, 2.24) is 5.32 Å². The Kier molecular flexibility index (Phi) is 4.76. The first-order valence-corrected chi connectivity index (χ1v) is 7.28. The molecule has 0 unspecified atom stereocenters. The third kappa shape index (κ3) is 3.79. The van der Waals surface area contributed by atoms with Crippen molar-refractivity contribution in [3.63, 3.8) is 0 Å². The zero-order valence-electron chi connectivity index (χ0n) is 11.9. The maximum absolute atomic E-state index is 12.8. The second-order valence-corrected chi connectivity index (χ2v) is 5.77. The molecule has 1 amide bonds. The largest absolute Gasteiger partial charge is 0.388 e. The minimum Gasteiger partial charge on any atom is -0.388 e. The number of hydrogen-bond acceptors (Lipinski definition) is 2. The number of amides is 1. The van der Waals surface area contributed by atoms with Crippen LogP contribution in [0.25, 0.3) is 0 Å². The molecular formula is C16H22FNO2. The normalized spacial score (nSPS) is 26.2. The van der Waals surface area contributed by atoms with Gasteiger partial charge in [-0.05, 0) is 55.9 Å². The first-order chi connectivity index (χ1) is 9.52. The van der Waals surface area contributed by atoms with E-state index in [1.54, 1.807) is 0 Å². The Labute approximate surface area is 119 Å². The predicted octanol–water partition coefficient (Wildman–Crippen LogP) is 2.89. The number of carbonyl (C=O) groups is 1. The van der Waals surface area contributed by atoms with Crippen LogP contribution < -0.4 is 5.32 Å². The second-order valence-electron chi connectivity index (χ2n) is 5.77. The second kappa shape index (κ2) is 6.35. The van der Waals surface area contributed by atoms with Crippen LogP contribution in [0.2, 0.25) is 0 Å². The van der Waals surface area contributed by atoms with Crippen molar-refractivity contribution in [2.24, 2.45) is 5.92 Å². The summed E-state index contributed by atoms with van der Waals surface area (Å²) in [7, 11) is 0. The van der Waals surface area contributed by atoms with Gasteiger partial charge in [0.1, 0.15) is 5.82 Å². The monoisotopic (exact) mass is 279 g/mol. The van der Waals surface area contributed by atoms with Crippen LogP contribution in [0, 0.1) is 11.7 Å². The van der Waals surface area contributed by atoms with Gasteiger partial charge in [0.2, 0.25) is 0 Å². The molecule has 1 aromatic rings. The van der Waals surface area contributed by atoms with Crippen LogP contribution in [0.15, 0.2) is 24.3 Å². The van der Waals surface area contributed by atoms with E-state index in [0.29, 0.717) is 11.5 Å². The van der Waals surface area contributed by atoms with Gasteiger partial charge in [-0.15, -0.1) is 0 Å². The van der Waals surface area contributed by atoms with E-state index in [9.17, 15) is 14.3 Å². The van der Waals surface area contributed by atoms with Crippen LogP contribution in [0.5, 0.6) is 0 Å². The molecule has 2 N–H and O–H groups in total. The highest BCUT2D eigenvalue weighted by Crippen LogP contribution is 2.33. The summed E-state index contributed by atoms with van der Waals surface area (Å²) < 4.78 is 12.8. The van der Waals surface area contributed by atoms with Crippen molar-refractivity contribution in [2.75, 3.05) is 6.54 Å². The van der Waals surface area contributed by atoms with Gasteiger partial charge < -0.3 is 10.4 Å². The Bertz CT molecular complexity index is 450. The van der Waals surface area contributed by atoms with E-state index in [2.05, 4.69) is 12.2 Å². The van der Waals surface area contributed by atoms with E-state index in [1.165, 1.54) is 24.3 Å². The molecule has 0 saturated heterocycles. The smallest absolute Gasteiger partial charge is 0.251 e. The molecule has 0 radical (unpaired) electrons. The number of aliphatic hydroxyl groups is 1. The lowest BCUT2D eigenvalue weighted by Crippen LogP contribution is -2.45. The van der Waals surface area contributed by atoms with Gasteiger partial charge in [-0.1, -0.05) is 13.3 Å². The summed E-state index contributed by atoms with van der Waals surface area (Å²) in [5, 5.41) is 13.2. The Balaban J connectivity index is 1.85. The van der Waals surface area contributed by atoms with Crippen molar-refractivity contribution in [1.29, 1.82) is 0 Å². The van der Waals surface area contributed by atoms with Crippen molar-refractivity contribution in [2.45, 2.75) is 44.6 Å². The Hall–Kier alpha value is -1.42. The molecule has 1 aromatic carbocycles. The minimum atomic E-state index is -0.790. The van der Waals surface area contributed by atoms with Gasteiger partial charge in [-0.25, -0.2) is 4.39 Å². The lowest BCUT2D eigenvalue weighted by Gasteiger charge is -2.35. The molecule has 1 saturated carbocycles. The van der Waals surface area contributed by atoms with Gasteiger partial charge in [0, 0.05) is 12.1 Å². The fraction of sp³-hybridized carbons (Fsp3) is 0.562. The maximum Gasteiger partial charge on any atom is 0.251 e. The molecule has 20 heavy (non-hydrogen) atoms. The first kappa shape index (κ1) is 15.0. The average molecular weight is 279 g/mol. The third-order valence-electron chi connectivity index (χ3n) is 4.30. The Morgan fingerprint density at radius 1 is 1.35 bits per heavy atom. The molecule has 0 atom stereocenters. The molecule has 1 fully saturated rings. The molecule has 3 nitrogen and oxygen atoms in total. The highest BCUT2D eigenvalue weighted by molar-refractivity contribution is 5.94. The topological polar surface area (TPSA) is 49.3 Å². The highest BCUT2D eigenvalue weighted by Gasteiger charge is 2.32. The number of hydrogen-bond donors (Lipinski definition) is 2. The zero-order valence-corrected chi connectivity index (χ0v) is 11.9. The standard InChI is InChI=1S/C16H22FNO2/c1-2-12-7-9-16(20,10-8-12)11-18-15(19)13-3-5-14(17)6-4-13/h3-6,12,20H,2,7-11H2,1H3,(H,18,19). The van der Waals surface area contributed by atoms with Gasteiger partial charge in [0.05, 0.1) is 5.60 Å². The van der Waals surface area contributed by atoms with Crippen molar-refractivity contribution in [3.8, 4) is 0 Å². The fourth-order valence-electron chi connectivity index (χ4n) is 2.75. The molecule has 1 aliphatic carbocycles. The Morgan fingerprint density at radius 3 is 2.50 bits per heavy atom. The average Bonchev–Trinajstić information content (AvgIpc) is 2.46. The summed E-state index contributed by atoms with van der Waals surface area (Å²) in [6.45, 7) is 2.44. The summed E-state index contributed by atoms with van der Waals surface area (Å²) in [4.78, 5) is 11.9. The van der Waals surface area contributed by atoms with Crippen molar-refractivity contribution in [3.05, 3.63) is 35.6 Å². The predicted molar refractivity (Wildman–Crippen MR) is 75.9 cm³/mol. The SMILES string of the molecule is CCC1CCC(O)(CNC(=O)c2ccc(F)cc2)CC1. The number of halogens is 1. The van der Waals surface area contributed by atoms with Crippen LogP contribution >= 0.6 is 0 Å². The van der Waals surface area contributed by atoms with E-state index in [1.807, 2.05) is 0 Å². The van der Waals surface area contributed by atoms with Gasteiger partial charge in [-0.2, -0.15) is 0 Å². The highest BCUT2D eigenvalue weighted by atomic mass is 19.1. The number of nitrogens with one attached hydrogen (secondary N) is 1. The van der Waals surface area contributed by atoms with E-state index in [-0.39, 0.29) is 18.3 Å². The zero-order chi connectivity index (χ0) is 14.6. The number of rotatable bonds is 4. The summed E-state index contributed by atoms with van der Waals surface area (Å²) in [5.41, 5.74) is -0.376. The number of benzene rings is 1. The molecule has 0 aromatic heterocycles. The van der Waals surface area contributed by atoms with Crippen LogP contribution in [-0.4, -0.2) is 23.2 Å². The maximum atomic E-state index is 12.8. The Morgan fingerprint density at radius 2 is 1.95 bits per heavy atom. The molecule has 0 aliphatic heterocycles. The summed E-state index contributed by atoms with van der Waals surface area (Å²) in [6.07, 6.45) is 4.64. The molecule has 4 heteroatoms. The van der Waals surface area contributed by atoms with E-state index >= 15 is 0 Å². The minimum absolute atomic E-state index is 0.264. The van der Waals surface area contributed by atoms with E-state index < -0.39 is 5.60 Å². The lowest BCUT2D eigenvalue weighted by molar-refractivity contribution is -0.00786. The van der Waals surface area contributed by atoms with Gasteiger partial charge in [0.15, 0.2) is 0 Å². The molecule has 1 aliphatic rings. The van der Waals surface area contributed by atoms with E-state index in [4.69, 9.17) is 0 Å². The molecule has 0 bridgehead atoms. The van der Waals surface area contributed by atoms with Gasteiger partial charge >= 0.3 is 0 Å². The van der Waals surface area contributed by atoms with Gasteiger partial charge in [-0.3, -0.25) is 4.79 Å². The summed E-state index contributed by atoms with van der Waals surface area (Å²) in [5.74, 6) is 0.0668.